The maximum absolute atomic E-state index is 11.2. The predicted molar refractivity (Wildman–Crippen MR) is 125 cm³/mol. The van der Waals surface area contributed by atoms with Crippen molar-refractivity contribution >= 4 is 5.91 Å². The van der Waals surface area contributed by atoms with Gasteiger partial charge in [0.25, 0.3) is 0 Å². The molecule has 168 valence electrons. The minimum atomic E-state index is 0.0643. The van der Waals surface area contributed by atoms with Crippen LogP contribution in [-0.4, -0.2) is 36.2 Å². The Balaban J connectivity index is 2.03. The summed E-state index contributed by atoms with van der Waals surface area (Å²) in [4.78, 5) is 11.2. The lowest BCUT2D eigenvalue weighted by atomic mass is 10.1. The van der Waals surface area contributed by atoms with Gasteiger partial charge in [0.2, 0.25) is 5.91 Å². The zero-order valence-electron chi connectivity index (χ0n) is 19.6. The molecule has 0 aromatic rings. The van der Waals surface area contributed by atoms with Gasteiger partial charge in [-0.1, -0.05) is 64.0 Å². The molecule has 0 saturated carbocycles. The average Bonchev–Trinajstić information content (AvgIpc) is 3.11. The largest absolute Gasteiger partial charge is 0.351 e. The minimum absolute atomic E-state index is 0.0643. The van der Waals surface area contributed by atoms with Gasteiger partial charge in [0.1, 0.15) is 12.7 Å². The van der Waals surface area contributed by atoms with Crippen molar-refractivity contribution in [3.63, 3.8) is 0 Å². The standard InChI is InChI=1S/C25H47N3O/c1-4-6-7-8-9-10-11-12-13-14-15-16-17-18-19-25-27-21-23-28(25,5-2)22-20-26-24(3)29/h10-11,21,23,25,27H,4-9,12-20,22H2,1-3H3/p+1/b11-10+. The normalized spacial score (nSPS) is 21.0. The monoisotopic (exact) mass is 406 g/mol. The summed E-state index contributed by atoms with van der Waals surface area (Å²) in [5.41, 5.74) is 0. The molecule has 0 saturated heterocycles. The Bertz CT molecular complexity index is 475. The van der Waals surface area contributed by atoms with Crippen LogP contribution in [0, 0.1) is 0 Å². The first-order chi connectivity index (χ1) is 14.1. The van der Waals surface area contributed by atoms with E-state index in [1.54, 1.807) is 6.92 Å². The first kappa shape index (κ1) is 25.7. The van der Waals surface area contributed by atoms with E-state index in [-0.39, 0.29) is 5.91 Å². The number of likely N-dealkylation sites (N-methyl/N-ethyl adjacent to an activating group) is 1. The number of quaternary nitrogens is 1. The van der Waals surface area contributed by atoms with Crippen molar-refractivity contribution in [2.45, 2.75) is 110 Å². The van der Waals surface area contributed by atoms with Crippen LogP contribution in [0.15, 0.2) is 24.6 Å². The summed E-state index contributed by atoms with van der Waals surface area (Å²) in [5, 5.41) is 6.51. The molecule has 1 aliphatic heterocycles. The molecular formula is C25H48N3O+. The first-order valence-electron chi connectivity index (χ1n) is 12.3. The fourth-order valence-corrected chi connectivity index (χ4v) is 4.28. The molecule has 0 aromatic carbocycles. The molecule has 2 N–H and O–H groups in total. The topological polar surface area (TPSA) is 41.1 Å². The highest BCUT2D eigenvalue weighted by Crippen LogP contribution is 2.22. The van der Waals surface area contributed by atoms with Gasteiger partial charge in [-0.3, -0.25) is 9.28 Å². The maximum Gasteiger partial charge on any atom is 0.217 e. The molecule has 0 radical (unpaired) electrons. The zero-order valence-corrected chi connectivity index (χ0v) is 19.6. The highest BCUT2D eigenvalue weighted by molar-refractivity contribution is 5.72. The van der Waals surface area contributed by atoms with E-state index in [9.17, 15) is 4.79 Å². The third-order valence-corrected chi connectivity index (χ3v) is 6.26. The number of unbranched alkanes of at least 4 members (excludes halogenated alkanes) is 10. The van der Waals surface area contributed by atoms with E-state index in [0.29, 0.717) is 6.17 Å². The fourth-order valence-electron chi connectivity index (χ4n) is 4.28. The van der Waals surface area contributed by atoms with E-state index in [1.807, 2.05) is 0 Å². The maximum atomic E-state index is 11.2. The van der Waals surface area contributed by atoms with Crippen LogP contribution in [0.1, 0.15) is 104 Å². The van der Waals surface area contributed by atoms with E-state index in [0.717, 1.165) is 24.1 Å². The molecular weight excluding hydrogens is 358 g/mol. The molecule has 1 amide bonds. The molecule has 0 bridgehead atoms. The fraction of sp³-hybridized carbons (Fsp3) is 0.800. The first-order valence-corrected chi connectivity index (χ1v) is 12.3. The van der Waals surface area contributed by atoms with Gasteiger partial charge in [0.05, 0.1) is 19.3 Å². The summed E-state index contributed by atoms with van der Waals surface area (Å²) in [6.45, 7) is 8.90. The van der Waals surface area contributed by atoms with Crippen molar-refractivity contribution in [2.24, 2.45) is 0 Å². The van der Waals surface area contributed by atoms with Crippen molar-refractivity contribution in [2.75, 3.05) is 19.6 Å². The average molecular weight is 407 g/mol. The van der Waals surface area contributed by atoms with Crippen LogP contribution < -0.4 is 10.6 Å². The second-order valence-electron chi connectivity index (χ2n) is 8.64. The Morgan fingerprint density at radius 1 is 0.966 bits per heavy atom. The van der Waals surface area contributed by atoms with Crippen LogP contribution in [0.4, 0.5) is 0 Å². The van der Waals surface area contributed by atoms with Gasteiger partial charge in [0, 0.05) is 13.3 Å². The number of carbonyl (C=O) groups excluding carboxylic acids is 1. The van der Waals surface area contributed by atoms with E-state index in [1.165, 1.54) is 83.5 Å². The summed E-state index contributed by atoms with van der Waals surface area (Å²) >= 11 is 0. The van der Waals surface area contributed by atoms with Crippen LogP contribution >= 0.6 is 0 Å². The van der Waals surface area contributed by atoms with Crippen LogP contribution in [0.5, 0.6) is 0 Å². The second-order valence-corrected chi connectivity index (χ2v) is 8.64. The van der Waals surface area contributed by atoms with Gasteiger partial charge >= 0.3 is 0 Å². The Kier molecular flexibility index (Phi) is 14.6. The lowest BCUT2D eigenvalue weighted by Gasteiger charge is -2.37. The zero-order chi connectivity index (χ0) is 21.2. The van der Waals surface area contributed by atoms with Gasteiger partial charge in [-0.15, -0.1) is 0 Å². The summed E-state index contributed by atoms with van der Waals surface area (Å²) in [7, 11) is 0. The quantitative estimate of drug-likeness (QED) is 0.166. The Morgan fingerprint density at radius 3 is 2.21 bits per heavy atom. The molecule has 1 heterocycles. The molecule has 4 nitrogen and oxygen atoms in total. The Morgan fingerprint density at radius 2 is 1.59 bits per heavy atom. The van der Waals surface area contributed by atoms with E-state index >= 15 is 0 Å². The number of hydrogen-bond donors (Lipinski definition) is 2. The molecule has 1 aliphatic rings. The summed E-state index contributed by atoms with van der Waals surface area (Å²) in [6, 6.07) is 0. The van der Waals surface area contributed by atoms with Crippen LogP contribution in [-0.2, 0) is 4.79 Å². The van der Waals surface area contributed by atoms with Crippen molar-refractivity contribution in [3.8, 4) is 0 Å². The van der Waals surface area contributed by atoms with Crippen LogP contribution in [0.25, 0.3) is 0 Å². The number of nitrogens with one attached hydrogen (secondary N) is 2. The van der Waals surface area contributed by atoms with E-state index in [4.69, 9.17) is 0 Å². The molecule has 29 heavy (non-hydrogen) atoms. The van der Waals surface area contributed by atoms with Crippen molar-refractivity contribution in [3.05, 3.63) is 24.6 Å². The molecule has 4 heteroatoms. The summed E-state index contributed by atoms with van der Waals surface area (Å²) < 4.78 is 0.949. The molecule has 2 unspecified atom stereocenters. The minimum Gasteiger partial charge on any atom is -0.351 e. The van der Waals surface area contributed by atoms with Crippen molar-refractivity contribution in [1.82, 2.24) is 10.6 Å². The van der Waals surface area contributed by atoms with Gasteiger partial charge in [-0.2, -0.15) is 0 Å². The van der Waals surface area contributed by atoms with Gasteiger partial charge < -0.3 is 10.6 Å². The van der Waals surface area contributed by atoms with Crippen LogP contribution in [0.2, 0.25) is 0 Å². The summed E-state index contributed by atoms with van der Waals surface area (Å²) in [6.07, 6.45) is 26.9. The Hall–Kier alpha value is -1.29. The number of allylic oxidation sites excluding steroid dienone is 2. The number of rotatable bonds is 18. The lowest BCUT2D eigenvalue weighted by Crippen LogP contribution is -2.55. The van der Waals surface area contributed by atoms with Crippen molar-refractivity contribution < 1.29 is 9.28 Å². The molecule has 0 fully saturated rings. The van der Waals surface area contributed by atoms with E-state index in [2.05, 4.69) is 49.0 Å². The highest BCUT2D eigenvalue weighted by Gasteiger charge is 2.36. The molecule has 0 aliphatic carbocycles. The highest BCUT2D eigenvalue weighted by atomic mass is 16.1. The van der Waals surface area contributed by atoms with Gasteiger partial charge in [-0.25, -0.2) is 0 Å². The number of amides is 1. The van der Waals surface area contributed by atoms with Crippen molar-refractivity contribution in [1.29, 1.82) is 0 Å². The SMILES string of the molecule is CCCCCC/C=C/CCCCCCCCC1NC=C[N+]1(CC)CCNC(C)=O. The number of carbonyl (C=O) groups is 1. The van der Waals surface area contributed by atoms with Gasteiger partial charge in [-0.05, 0) is 39.0 Å². The second kappa shape index (κ2) is 16.5. The third kappa shape index (κ3) is 11.5. The molecule has 0 spiro atoms. The summed E-state index contributed by atoms with van der Waals surface area (Å²) in [5.74, 6) is 0.0643. The van der Waals surface area contributed by atoms with Crippen LogP contribution in [0.3, 0.4) is 0 Å². The number of nitrogens with zero attached hydrogens (tertiary/aromatic N) is 1. The smallest absolute Gasteiger partial charge is 0.217 e. The van der Waals surface area contributed by atoms with Gasteiger partial charge in [0.15, 0.2) is 6.17 Å². The molecule has 2 atom stereocenters. The molecule has 0 aromatic heterocycles. The number of hydrogen-bond acceptors (Lipinski definition) is 2. The van der Waals surface area contributed by atoms with E-state index < -0.39 is 0 Å². The lowest BCUT2D eigenvalue weighted by molar-refractivity contribution is -0.898. The molecule has 1 rings (SSSR count). The predicted octanol–water partition coefficient (Wildman–Crippen LogP) is 6.01. The third-order valence-electron chi connectivity index (χ3n) is 6.26. The Labute approximate surface area is 180 Å².